The molecule has 0 bridgehead atoms. The minimum Gasteiger partial charge on any atom is -0.379 e. The van der Waals surface area contributed by atoms with Crippen LogP contribution in [0.3, 0.4) is 0 Å². The van der Waals surface area contributed by atoms with Crippen molar-refractivity contribution in [3.63, 3.8) is 0 Å². The molecule has 0 aliphatic rings. The zero-order chi connectivity index (χ0) is 19.6. The molecule has 0 saturated carbocycles. The number of rotatable bonds is 12. The van der Waals surface area contributed by atoms with Gasteiger partial charge in [0.2, 0.25) is 11.8 Å². The fraction of sp³-hybridized carbons (Fsp3) is 0.842. The maximum Gasteiger partial charge on any atom is 0.245 e. The predicted molar refractivity (Wildman–Crippen MR) is 99.2 cm³/mol. The van der Waals surface area contributed by atoms with Crippen LogP contribution in [0.5, 0.6) is 0 Å². The molecule has 6 nitrogen and oxygen atoms in total. The van der Waals surface area contributed by atoms with Gasteiger partial charge in [-0.2, -0.15) is 0 Å². The maximum absolute atomic E-state index is 13.1. The monoisotopic (exact) mass is 356 g/mol. The first-order chi connectivity index (χ1) is 11.7. The number of likely N-dealkylation sites (N-methyl/N-ethyl adjacent to an activating group) is 1. The van der Waals surface area contributed by atoms with Crippen molar-refractivity contribution >= 4 is 18.1 Å². The largest absolute Gasteiger partial charge is 0.379 e. The summed E-state index contributed by atoms with van der Waals surface area (Å²) in [5.74, 6) is -0.115. The third-order valence-corrected chi connectivity index (χ3v) is 4.76. The molecule has 0 aliphatic heterocycles. The second kappa shape index (κ2) is 12.0. The first kappa shape index (κ1) is 23.6. The molecule has 0 aromatic carbocycles. The average Bonchev–Trinajstić information content (AvgIpc) is 2.57. The summed E-state index contributed by atoms with van der Waals surface area (Å²) in [6.07, 6.45) is 2.70. The van der Waals surface area contributed by atoms with Crippen LogP contribution in [0.4, 0.5) is 0 Å². The Hall–Kier alpha value is -1.43. The minimum atomic E-state index is -0.579. The van der Waals surface area contributed by atoms with E-state index in [1.54, 1.807) is 19.1 Å². The number of nitrogens with one attached hydrogen (secondary N) is 1. The van der Waals surface area contributed by atoms with Gasteiger partial charge in [0.25, 0.3) is 0 Å². The predicted octanol–water partition coefficient (Wildman–Crippen LogP) is 2.40. The summed E-state index contributed by atoms with van der Waals surface area (Å²) in [4.78, 5) is 37.7. The second-order valence-corrected chi connectivity index (χ2v) is 7.04. The maximum atomic E-state index is 13.1. The summed E-state index contributed by atoms with van der Waals surface area (Å²) < 4.78 is 5.49. The van der Waals surface area contributed by atoms with E-state index in [2.05, 4.69) is 5.32 Å². The van der Waals surface area contributed by atoms with E-state index in [4.69, 9.17) is 4.74 Å². The van der Waals surface area contributed by atoms with E-state index in [0.717, 1.165) is 19.1 Å². The number of aldehydes is 1. The van der Waals surface area contributed by atoms with Gasteiger partial charge in [0.1, 0.15) is 12.3 Å². The molecule has 0 rings (SSSR count). The number of hydrogen-bond acceptors (Lipinski definition) is 4. The summed E-state index contributed by atoms with van der Waals surface area (Å²) in [5, 5.41) is 2.86. The molecule has 0 aromatic rings. The molecule has 6 heteroatoms. The molecule has 0 unspecified atom stereocenters. The fourth-order valence-corrected chi connectivity index (χ4v) is 3.06. The van der Waals surface area contributed by atoms with Crippen LogP contribution in [0.1, 0.15) is 60.3 Å². The van der Waals surface area contributed by atoms with E-state index in [9.17, 15) is 14.4 Å². The second-order valence-electron chi connectivity index (χ2n) is 7.04. The van der Waals surface area contributed by atoms with Gasteiger partial charge in [-0.3, -0.25) is 9.59 Å². The lowest BCUT2D eigenvalue weighted by molar-refractivity contribution is -0.143. The smallest absolute Gasteiger partial charge is 0.245 e. The lowest BCUT2D eigenvalue weighted by Crippen LogP contribution is -2.57. The topological polar surface area (TPSA) is 75.7 Å². The van der Waals surface area contributed by atoms with Crippen LogP contribution in [0.2, 0.25) is 0 Å². The van der Waals surface area contributed by atoms with Gasteiger partial charge < -0.3 is 19.7 Å². The molecule has 0 heterocycles. The number of amides is 2. The Labute approximate surface area is 152 Å². The van der Waals surface area contributed by atoms with Gasteiger partial charge >= 0.3 is 0 Å². The SMILES string of the molecule is CCCC(=O)N[C@H](C(=O)N(C)[C@@H]([C@@H](C)CC)[C@@H](CC=O)OC)C(C)C. The Kier molecular flexibility index (Phi) is 11.3. The van der Waals surface area contributed by atoms with Gasteiger partial charge in [-0.05, 0) is 18.3 Å². The van der Waals surface area contributed by atoms with Crippen molar-refractivity contribution in [2.45, 2.75) is 78.5 Å². The zero-order valence-electron chi connectivity index (χ0n) is 16.9. The Morgan fingerprint density at radius 3 is 2.20 bits per heavy atom. The number of hydrogen-bond donors (Lipinski definition) is 1. The number of nitrogens with zero attached hydrogens (tertiary/aromatic N) is 1. The van der Waals surface area contributed by atoms with Crippen LogP contribution in [0.25, 0.3) is 0 Å². The Balaban J connectivity index is 5.46. The minimum absolute atomic E-state index is 0.0274. The van der Waals surface area contributed by atoms with Crippen molar-refractivity contribution in [1.82, 2.24) is 10.2 Å². The van der Waals surface area contributed by atoms with E-state index >= 15 is 0 Å². The molecule has 0 saturated heterocycles. The Bertz CT molecular complexity index is 426. The van der Waals surface area contributed by atoms with Gasteiger partial charge in [0.05, 0.1) is 12.1 Å². The van der Waals surface area contributed by atoms with E-state index in [0.29, 0.717) is 6.42 Å². The summed E-state index contributed by atoms with van der Waals surface area (Å²) in [6, 6.07) is -0.804. The highest BCUT2D eigenvalue weighted by atomic mass is 16.5. The average molecular weight is 357 g/mol. The number of methoxy groups -OCH3 is 1. The third kappa shape index (κ3) is 7.14. The molecule has 146 valence electrons. The fourth-order valence-electron chi connectivity index (χ4n) is 3.06. The number of carbonyl (C=O) groups is 3. The quantitative estimate of drug-likeness (QED) is 0.545. The van der Waals surface area contributed by atoms with Gasteiger partial charge in [-0.15, -0.1) is 0 Å². The normalized spacial score (nSPS) is 16.0. The molecule has 0 aromatic heterocycles. The lowest BCUT2D eigenvalue weighted by Gasteiger charge is -2.39. The van der Waals surface area contributed by atoms with Crippen molar-refractivity contribution in [1.29, 1.82) is 0 Å². The molecular formula is C19H36N2O4. The molecule has 2 amide bonds. The molecule has 0 radical (unpaired) electrons. The van der Waals surface area contributed by atoms with Crippen LogP contribution in [-0.4, -0.2) is 55.3 Å². The van der Waals surface area contributed by atoms with Gasteiger partial charge in [0.15, 0.2) is 0 Å². The van der Waals surface area contributed by atoms with E-state index in [1.807, 2.05) is 34.6 Å². The molecule has 25 heavy (non-hydrogen) atoms. The standard InChI is InChI=1S/C19H36N2O4/c1-8-10-16(23)20-17(13(3)4)19(24)21(6)18(14(5)9-2)15(25-7)11-12-22/h12-15,17-18H,8-11H2,1-7H3,(H,20,23)/t14-,15+,17-,18-/m0/s1. The highest BCUT2D eigenvalue weighted by Gasteiger charge is 2.36. The van der Waals surface area contributed by atoms with Crippen molar-refractivity contribution in [3.8, 4) is 0 Å². The van der Waals surface area contributed by atoms with Crippen molar-refractivity contribution in [3.05, 3.63) is 0 Å². The molecule has 4 atom stereocenters. The first-order valence-corrected chi connectivity index (χ1v) is 9.27. The molecule has 1 N–H and O–H groups in total. The van der Waals surface area contributed by atoms with Crippen LogP contribution in [0.15, 0.2) is 0 Å². The van der Waals surface area contributed by atoms with E-state index in [1.165, 1.54) is 0 Å². The van der Waals surface area contributed by atoms with Gasteiger partial charge in [-0.25, -0.2) is 0 Å². The lowest BCUT2D eigenvalue weighted by atomic mass is 9.90. The molecular weight excluding hydrogens is 320 g/mol. The zero-order valence-corrected chi connectivity index (χ0v) is 16.9. The van der Waals surface area contributed by atoms with Crippen LogP contribution >= 0.6 is 0 Å². The molecule has 0 spiro atoms. The third-order valence-electron chi connectivity index (χ3n) is 4.76. The summed E-state index contributed by atoms with van der Waals surface area (Å²) >= 11 is 0. The van der Waals surface area contributed by atoms with Crippen LogP contribution in [0, 0.1) is 11.8 Å². The Morgan fingerprint density at radius 1 is 1.20 bits per heavy atom. The summed E-state index contributed by atoms with van der Waals surface area (Å²) in [6.45, 7) is 9.86. The number of ether oxygens (including phenoxy) is 1. The molecule has 0 aliphatic carbocycles. The van der Waals surface area contributed by atoms with E-state index < -0.39 is 6.04 Å². The van der Waals surface area contributed by atoms with E-state index in [-0.39, 0.29) is 42.2 Å². The summed E-state index contributed by atoms with van der Waals surface area (Å²) in [5.41, 5.74) is 0. The highest BCUT2D eigenvalue weighted by molar-refractivity contribution is 5.88. The summed E-state index contributed by atoms with van der Waals surface area (Å²) in [7, 11) is 3.29. The first-order valence-electron chi connectivity index (χ1n) is 9.27. The molecule has 0 fully saturated rings. The van der Waals surface area contributed by atoms with Crippen molar-refractivity contribution in [2.75, 3.05) is 14.2 Å². The Morgan fingerprint density at radius 2 is 1.80 bits per heavy atom. The van der Waals surface area contributed by atoms with Crippen molar-refractivity contribution < 1.29 is 19.1 Å². The van der Waals surface area contributed by atoms with Gasteiger partial charge in [-0.1, -0.05) is 41.0 Å². The highest BCUT2D eigenvalue weighted by Crippen LogP contribution is 2.22. The number of carbonyl (C=O) groups excluding carboxylic acids is 3. The van der Waals surface area contributed by atoms with Crippen LogP contribution in [-0.2, 0) is 19.1 Å². The van der Waals surface area contributed by atoms with Crippen molar-refractivity contribution in [2.24, 2.45) is 11.8 Å². The van der Waals surface area contributed by atoms with Gasteiger partial charge in [0, 0.05) is 27.0 Å². The van der Waals surface area contributed by atoms with Crippen LogP contribution < -0.4 is 5.32 Å².